The molecule has 4 bridgehead atoms. The minimum Gasteiger partial charge on any atom is -0.505 e. The van der Waals surface area contributed by atoms with Gasteiger partial charge in [0.15, 0.2) is 22.3 Å². The molecule has 2 amide bonds. The molecule has 0 unspecified atom stereocenters. The van der Waals surface area contributed by atoms with Crippen molar-refractivity contribution in [3.8, 4) is 11.5 Å². The van der Waals surface area contributed by atoms with Crippen LogP contribution in [0.25, 0.3) is 33.0 Å². The first-order chi connectivity index (χ1) is 31.6. The third-order valence-corrected chi connectivity index (χ3v) is 13.7. The number of rotatable bonds is 3. The molecular formula is C50H60N4O13. The second kappa shape index (κ2) is 18.8. The number of esters is 1. The predicted octanol–water partition coefficient (Wildman–Crippen LogP) is 5.97. The maximum atomic E-state index is 14.8. The number of carbonyl (C=O) groups excluding carboxylic acids is 4. The Bertz CT molecular complexity index is 2820. The number of phenols is 1. The number of hydrogen-bond donors (Lipinski definition) is 4. The number of anilines is 2. The normalized spacial score (nSPS) is 29.4. The Hall–Kier alpha value is -6.30. The van der Waals surface area contributed by atoms with Crippen LogP contribution in [0.2, 0.25) is 0 Å². The number of aromatic hydroxyl groups is 1. The van der Waals surface area contributed by atoms with Crippen LogP contribution < -0.4 is 20.4 Å². The lowest BCUT2D eigenvalue weighted by Crippen LogP contribution is -2.48. The van der Waals surface area contributed by atoms with Crippen LogP contribution in [-0.2, 0) is 28.6 Å². The van der Waals surface area contributed by atoms with E-state index < -0.39 is 82.7 Å². The summed E-state index contributed by atoms with van der Waals surface area (Å²) in [5.74, 6) is -7.34. The van der Waals surface area contributed by atoms with Gasteiger partial charge >= 0.3 is 11.8 Å². The molecular weight excluding hydrogens is 865 g/mol. The summed E-state index contributed by atoms with van der Waals surface area (Å²) in [6.07, 6.45) is 3.58. The summed E-state index contributed by atoms with van der Waals surface area (Å²) >= 11 is 0. The number of nitrogens with zero attached hydrogens (tertiary/aromatic N) is 3. The third kappa shape index (κ3) is 8.87. The number of ether oxygens (including phenoxy) is 4. The molecule has 17 nitrogen and oxygen atoms in total. The minimum atomic E-state index is -2.06. The van der Waals surface area contributed by atoms with E-state index in [9.17, 15) is 39.3 Å². The monoisotopic (exact) mass is 924 g/mol. The van der Waals surface area contributed by atoms with Crippen LogP contribution in [0.15, 0.2) is 57.5 Å². The maximum absolute atomic E-state index is 14.8. The Kier molecular flexibility index (Phi) is 13.6. The fourth-order valence-electron chi connectivity index (χ4n) is 9.52. The van der Waals surface area contributed by atoms with Gasteiger partial charge in [0.2, 0.25) is 5.91 Å². The summed E-state index contributed by atoms with van der Waals surface area (Å²) in [7, 11) is 1.44. The van der Waals surface area contributed by atoms with Crippen molar-refractivity contribution in [2.45, 2.75) is 99.4 Å². The summed E-state index contributed by atoms with van der Waals surface area (Å²) < 4.78 is 30.6. The van der Waals surface area contributed by atoms with Gasteiger partial charge in [-0.05, 0) is 38.5 Å². The number of methoxy groups -OCH3 is 1. The number of phenolic OH excluding ortho intramolecular Hbond substituents is 1. The van der Waals surface area contributed by atoms with Crippen LogP contribution in [0.4, 0.5) is 11.4 Å². The van der Waals surface area contributed by atoms with Crippen molar-refractivity contribution in [2.75, 3.05) is 43.5 Å². The van der Waals surface area contributed by atoms with Gasteiger partial charge in [0.05, 0.1) is 35.5 Å². The van der Waals surface area contributed by atoms with Gasteiger partial charge in [-0.15, -0.1) is 0 Å². The zero-order valence-electron chi connectivity index (χ0n) is 39.8. The number of nitrogens with one attached hydrogen (secondary N) is 1. The molecule has 9 atom stereocenters. The summed E-state index contributed by atoms with van der Waals surface area (Å²) in [4.78, 5) is 76.8. The number of benzene rings is 3. The summed E-state index contributed by atoms with van der Waals surface area (Å²) in [6, 6.07) is 3.71. The Morgan fingerprint density at radius 1 is 0.910 bits per heavy atom. The molecule has 1 saturated heterocycles. The van der Waals surface area contributed by atoms with E-state index in [1.807, 2.05) is 13.0 Å². The molecule has 0 saturated carbocycles. The van der Waals surface area contributed by atoms with E-state index in [-0.39, 0.29) is 61.5 Å². The lowest BCUT2D eigenvalue weighted by molar-refractivity contribution is -0.160. The molecule has 3 aromatic carbocycles. The van der Waals surface area contributed by atoms with Gasteiger partial charge in [-0.1, -0.05) is 45.9 Å². The molecule has 4 aromatic rings. The van der Waals surface area contributed by atoms with Gasteiger partial charge in [-0.2, -0.15) is 0 Å². The molecule has 3 aliphatic rings. The maximum Gasteiger partial charge on any atom is 0.312 e. The predicted molar refractivity (Wildman–Crippen MR) is 251 cm³/mol. The van der Waals surface area contributed by atoms with E-state index in [4.69, 9.17) is 28.3 Å². The van der Waals surface area contributed by atoms with E-state index in [1.165, 1.54) is 60.1 Å². The van der Waals surface area contributed by atoms with Crippen LogP contribution in [-0.4, -0.2) is 112 Å². The van der Waals surface area contributed by atoms with Gasteiger partial charge in [-0.3, -0.25) is 24.0 Å². The molecule has 4 N–H and O–H groups in total. The zero-order valence-corrected chi connectivity index (χ0v) is 39.8. The molecule has 0 spiro atoms. The number of Topliss-reactive ketones (excluding diaryl/α,β-unsaturated/α-hetero) is 1. The highest BCUT2D eigenvalue weighted by molar-refractivity contribution is 6.26. The van der Waals surface area contributed by atoms with Crippen LogP contribution in [0, 0.1) is 37.5 Å². The van der Waals surface area contributed by atoms with E-state index in [0.717, 1.165) is 5.69 Å². The quantitative estimate of drug-likeness (QED) is 0.0803. The summed E-state index contributed by atoms with van der Waals surface area (Å²) in [5.41, 5.74) is 1.09. The number of amides is 2. The number of aryl methyl sites for hydroxylation is 1. The molecule has 1 aromatic heterocycles. The van der Waals surface area contributed by atoms with Crippen molar-refractivity contribution in [1.29, 1.82) is 0 Å². The molecule has 17 heteroatoms. The second-order valence-electron chi connectivity index (χ2n) is 18.3. The molecule has 0 radical (unpaired) electrons. The van der Waals surface area contributed by atoms with Gasteiger partial charge < -0.3 is 53.8 Å². The molecule has 7 rings (SSSR count). The smallest absolute Gasteiger partial charge is 0.312 e. The first-order valence-corrected chi connectivity index (χ1v) is 22.5. The highest BCUT2D eigenvalue weighted by Gasteiger charge is 2.49. The minimum absolute atomic E-state index is 0.00727. The Morgan fingerprint density at radius 2 is 1.60 bits per heavy atom. The van der Waals surface area contributed by atoms with Crippen molar-refractivity contribution in [3.63, 3.8) is 0 Å². The number of allylic oxidation sites excluding steroid dienone is 2. The standard InChI is InChI=1S/C50H60N4O13/c1-23-13-12-14-24(2)49(62)52-40-44(60)36-35(39-47(40)66-34-22-32(21-25(3)38(34)51-39)54-18-16-53(17-19-54)30(8)55)37-46(29(7)43(36)59)67-50(10,48(37)61)64-20-15-33(63-11)26(4)45(65-31(9)56)28(6)42(58)27(5)41(23)57/h12-15,20-23,26-28,33,41-42,45,57-58,60H,16-19H2,1-11H3,(H,52,62)/b13-12+,20-15+,24-14-/t23-,26+,27+,28+,33-,41-,42+,45+,50-/m0/s1. The van der Waals surface area contributed by atoms with Crippen LogP contribution in [0.3, 0.4) is 0 Å². The summed E-state index contributed by atoms with van der Waals surface area (Å²) in [5, 5.41) is 37.6. The van der Waals surface area contributed by atoms with Crippen molar-refractivity contribution in [2.24, 2.45) is 23.7 Å². The highest BCUT2D eigenvalue weighted by Crippen LogP contribution is 2.49. The largest absolute Gasteiger partial charge is 0.505 e. The van der Waals surface area contributed by atoms with E-state index in [2.05, 4.69) is 10.2 Å². The zero-order chi connectivity index (χ0) is 49.0. The van der Waals surface area contributed by atoms with E-state index in [0.29, 0.717) is 37.3 Å². The number of aliphatic hydroxyl groups excluding tert-OH is 2. The van der Waals surface area contributed by atoms with Gasteiger partial charge in [0.1, 0.15) is 28.6 Å². The number of aromatic nitrogens is 1. The highest BCUT2D eigenvalue weighted by atomic mass is 16.7. The molecule has 1 fully saturated rings. The fourth-order valence-corrected chi connectivity index (χ4v) is 9.52. The van der Waals surface area contributed by atoms with Gasteiger partial charge in [0.25, 0.3) is 11.7 Å². The molecule has 0 aliphatic carbocycles. The topological polar surface area (TPSA) is 227 Å². The number of ketones is 1. The number of aliphatic hydroxyl groups is 2. The molecule has 4 heterocycles. The average Bonchev–Trinajstić information content (AvgIpc) is 3.56. The Labute approximate surface area is 388 Å². The van der Waals surface area contributed by atoms with Gasteiger partial charge in [-0.25, -0.2) is 4.98 Å². The first-order valence-electron chi connectivity index (χ1n) is 22.5. The Morgan fingerprint density at radius 3 is 2.24 bits per heavy atom. The van der Waals surface area contributed by atoms with Crippen molar-refractivity contribution < 1.29 is 57.9 Å². The third-order valence-electron chi connectivity index (χ3n) is 13.7. The Balaban J connectivity index is 1.44. The second-order valence-corrected chi connectivity index (χ2v) is 18.3. The number of piperazine rings is 1. The lowest BCUT2D eigenvalue weighted by Gasteiger charge is -2.38. The first kappa shape index (κ1) is 48.6. The van der Waals surface area contributed by atoms with Gasteiger partial charge in [0, 0.05) is 106 Å². The molecule has 67 heavy (non-hydrogen) atoms. The summed E-state index contributed by atoms with van der Waals surface area (Å²) in [6.45, 7) is 18.1. The van der Waals surface area contributed by atoms with E-state index in [1.54, 1.807) is 50.8 Å². The number of hydrogen-bond acceptors (Lipinski definition) is 15. The number of carbonyl (C=O) groups is 4. The molecule has 3 aliphatic heterocycles. The molecule has 358 valence electrons. The SMILES string of the molecule is CO[C@H]1/C=C/O[C@@]2(C)Oc3c(C)c(=O)c4c(O)c(c5oc6cc(N7CCN(C(C)=O)CC7)cc(C)c6nc5c4c3C2=O)NC(=O)/C(C)=C\C=C\[C@H](C)[C@H](O)[C@@H](C)[C@@H](O)[C@@H](C)[C@H](OC(C)=O)[C@@H]1C. The van der Waals surface area contributed by atoms with Crippen LogP contribution in [0.5, 0.6) is 11.5 Å². The average molecular weight is 925 g/mol. The van der Waals surface area contributed by atoms with E-state index >= 15 is 0 Å². The van der Waals surface area contributed by atoms with Crippen molar-refractivity contribution in [3.05, 3.63) is 75.2 Å². The van der Waals surface area contributed by atoms with Crippen molar-refractivity contribution >= 4 is 67.9 Å². The lowest BCUT2D eigenvalue weighted by atomic mass is 9.78. The van der Waals surface area contributed by atoms with Crippen molar-refractivity contribution in [1.82, 2.24) is 9.88 Å². The number of fused-ring (bicyclic) bond motifs is 2. The fraction of sp³-hybridized carbons (Fsp3) is 0.480. The van der Waals surface area contributed by atoms with Crippen LogP contribution >= 0.6 is 0 Å². The van der Waals surface area contributed by atoms with Crippen LogP contribution in [0.1, 0.15) is 76.9 Å².